The van der Waals surface area contributed by atoms with Gasteiger partial charge in [0.15, 0.2) is 0 Å². The third-order valence-corrected chi connectivity index (χ3v) is 15.5. The Morgan fingerprint density at radius 3 is 0.776 bits per heavy atom. The molecule has 58 heavy (non-hydrogen) atoms. The van der Waals surface area contributed by atoms with Gasteiger partial charge in [0, 0.05) is 0 Å². The van der Waals surface area contributed by atoms with E-state index in [1.807, 2.05) is 12.1 Å². The molecular formula is C56H42P2. The van der Waals surface area contributed by atoms with Crippen LogP contribution in [-0.2, 0) is 0 Å². The fourth-order valence-electron chi connectivity index (χ4n) is 7.84. The summed E-state index contributed by atoms with van der Waals surface area (Å²) in [5.41, 5.74) is 5.25. The van der Waals surface area contributed by atoms with Gasteiger partial charge in [0.2, 0.25) is 0 Å². The van der Waals surface area contributed by atoms with Gasteiger partial charge in [-0.05, 0) is 91.5 Å². The Bertz CT molecular complexity index is 2580. The van der Waals surface area contributed by atoms with E-state index in [2.05, 4.69) is 243 Å². The topological polar surface area (TPSA) is 0 Å². The first-order chi connectivity index (χ1) is 28.8. The van der Waals surface area contributed by atoms with Crippen molar-refractivity contribution in [2.24, 2.45) is 0 Å². The first-order valence-electron chi connectivity index (χ1n) is 19.8. The lowest BCUT2D eigenvalue weighted by atomic mass is 9.93. The van der Waals surface area contributed by atoms with Gasteiger partial charge in [-0.25, -0.2) is 0 Å². The lowest BCUT2D eigenvalue weighted by molar-refractivity contribution is 1.62. The third-order valence-electron chi connectivity index (χ3n) is 10.5. The minimum Gasteiger partial charge on any atom is -0.0622 e. The highest BCUT2D eigenvalue weighted by Crippen LogP contribution is 2.45. The molecule has 0 unspecified atom stereocenters. The van der Waals surface area contributed by atoms with E-state index in [4.69, 9.17) is 0 Å². The van der Waals surface area contributed by atoms with Crippen LogP contribution >= 0.6 is 15.8 Å². The second kappa shape index (κ2) is 17.8. The summed E-state index contributed by atoms with van der Waals surface area (Å²) < 4.78 is 0. The van der Waals surface area contributed by atoms with Crippen LogP contribution in [0, 0.1) is 0 Å². The molecule has 0 fully saturated rings. The van der Waals surface area contributed by atoms with E-state index in [9.17, 15) is 0 Å². The van der Waals surface area contributed by atoms with E-state index in [-0.39, 0.29) is 0 Å². The van der Waals surface area contributed by atoms with Crippen LogP contribution in [0.2, 0.25) is 0 Å². The summed E-state index contributed by atoms with van der Waals surface area (Å²) >= 11 is 0. The van der Waals surface area contributed by atoms with Crippen LogP contribution < -0.4 is 31.8 Å². The van der Waals surface area contributed by atoms with Crippen LogP contribution in [-0.4, -0.2) is 0 Å². The molecule has 0 nitrogen and oxygen atoms in total. The Morgan fingerprint density at radius 2 is 0.466 bits per heavy atom. The zero-order valence-corrected chi connectivity index (χ0v) is 33.9. The van der Waals surface area contributed by atoms with Crippen molar-refractivity contribution >= 4 is 69.2 Å². The molecule has 0 N–H and O–H groups in total. The molecule has 10 rings (SSSR count). The van der Waals surface area contributed by atoms with E-state index in [1.165, 1.54) is 75.6 Å². The first-order valence-corrected chi connectivity index (χ1v) is 22.5. The van der Waals surface area contributed by atoms with Crippen molar-refractivity contribution < 1.29 is 0 Å². The molecule has 0 aromatic heterocycles. The lowest BCUT2D eigenvalue weighted by Gasteiger charge is -2.28. The fourth-order valence-corrected chi connectivity index (χ4v) is 12.8. The molecule has 0 saturated carbocycles. The highest BCUT2D eigenvalue weighted by molar-refractivity contribution is 7.80. The van der Waals surface area contributed by atoms with Crippen LogP contribution in [0.15, 0.2) is 255 Å². The quantitative estimate of drug-likeness (QED) is 0.135. The highest BCUT2D eigenvalue weighted by Gasteiger charge is 2.28. The SMILES string of the molecule is c1ccc(-c2ccccc2)cc1.c1ccc(P(c2ccccc2)c2ccc3ccccc3c2-c2c(P(c3ccccc3)c3ccccc3)ccc3ccccc23)cc1. The summed E-state index contributed by atoms with van der Waals surface area (Å²) in [7, 11) is -1.70. The minimum absolute atomic E-state index is 0.852. The van der Waals surface area contributed by atoms with Crippen LogP contribution in [0.5, 0.6) is 0 Å². The van der Waals surface area contributed by atoms with E-state index >= 15 is 0 Å². The van der Waals surface area contributed by atoms with Crippen molar-refractivity contribution in [3.63, 3.8) is 0 Å². The van der Waals surface area contributed by atoms with Crippen molar-refractivity contribution in [1.29, 1.82) is 0 Å². The van der Waals surface area contributed by atoms with Gasteiger partial charge in [-0.15, -0.1) is 0 Å². The smallest absolute Gasteiger partial charge is 0.000884 e. The number of rotatable bonds is 8. The molecule has 0 aliphatic carbocycles. The average Bonchev–Trinajstić information content (AvgIpc) is 3.31. The van der Waals surface area contributed by atoms with Gasteiger partial charge in [0.25, 0.3) is 0 Å². The number of hydrogen-bond donors (Lipinski definition) is 0. The first kappa shape index (κ1) is 37.2. The molecule has 0 spiro atoms. The molecule has 0 heterocycles. The van der Waals surface area contributed by atoms with Crippen LogP contribution in [0.1, 0.15) is 0 Å². The molecule has 0 radical (unpaired) electrons. The maximum atomic E-state index is 2.42. The van der Waals surface area contributed by atoms with Crippen LogP contribution in [0.4, 0.5) is 0 Å². The van der Waals surface area contributed by atoms with E-state index in [1.54, 1.807) is 0 Å². The molecular weight excluding hydrogens is 735 g/mol. The molecule has 2 heteroatoms. The molecule has 0 bridgehead atoms. The summed E-state index contributed by atoms with van der Waals surface area (Å²) in [5, 5.41) is 13.3. The molecule has 10 aromatic carbocycles. The average molecular weight is 777 g/mol. The minimum atomic E-state index is -0.852. The fraction of sp³-hybridized carbons (Fsp3) is 0. The third kappa shape index (κ3) is 7.92. The normalized spacial score (nSPS) is 11.1. The molecule has 0 amide bonds. The highest BCUT2D eigenvalue weighted by atomic mass is 31.1. The van der Waals surface area contributed by atoms with Gasteiger partial charge in [-0.1, -0.05) is 255 Å². The molecule has 10 aromatic rings. The van der Waals surface area contributed by atoms with Crippen LogP contribution in [0.25, 0.3) is 43.8 Å². The lowest BCUT2D eigenvalue weighted by Crippen LogP contribution is -2.26. The van der Waals surface area contributed by atoms with Gasteiger partial charge in [0.1, 0.15) is 0 Å². The van der Waals surface area contributed by atoms with E-state index < -0.39 is 15.8 Å². The summed E-state index contributed by atoms with van der Waals surface area (Å²) in [6, 6.07) is 92.6. The van der Waals surface area contributed by atoms with Gasteiger partial charge in [-0.2, -0.15) is 0 Å². The summed E-state index contributed by atoms with van der Waals surface area (Å²) in [6.07, 6.45) is 0. The molecule has 0 aliphatic rings. The van der Waals surface area contributed by atoms with Crippen molar-refractivity contribution in [2.45, 2.75) is 0 Å². The molecule has 0 atom stereocenters. The maximum Gasteiger partial charge on any atom is -0.000884 e. The predicted molar refractivity (Wildman–Crippen MR) is 256 cm³/mol. The largest absolute Gasteiger partial charge is 0.0622 e. The zero-order chi connectivity index (χ0) is 38.9. The van der Waals surface area contributed by atoms with Gasteiger partial charge in [-0.3, -0.25) is 0 Å². The molecule has 0 aliphatic heterocycles. The Labute approximate surface area is 344 Å². The summed E-state index contributed by atoms with van der Waals surface area (Å²) in [6.45, 7) is 0. The van der Waals surface area contributed by atoms with Crippen molar-refractivity contribution in [1.82, 2.24) is 0 Å². The van der Waals surface area contributed by atoms with Crippen molar-refractivity contribution in [3.05, 3.63) is 255 Å². The van der Waals surface area contributed by atoms with E-state index in [0.717, 1.165) is 0 Å². The Balaban J connectivity index is 0.000000310. The second-order valence-corrected chi connectivity index (χ2v) is 18.5. The Hall–Kier alpha value is -6.42. The zero-order valence-electron chi connectivity index (χ0n) is 32.1. The molecule has 276 valence electrons. The van der Waals surface area contributed by atoms with Crippen LogP contribution in [0.3, 0.4) is 0 Å². The summed E-state index contributed by atoms with van der Waals surface area (Å²) in [5.74, 6) is 0. The Kier molecular flexibility index (Phi) is 11.4. The maximum absolute atomic E-state index is 2.42. The number of benzene rings is 10. The van der Waals surface area contributed by atoms with Gasteiger partial charge in [0.05, 0.1) is 0 Å². The number of fused-ring (bicyclic) bond motifs is 2. The van der Waals surface area contributed by atoms with Gasteiger partial charge >= 0.3 is 0 Å². The summed E-state index contributed by atoms with van der Waals surface area (Å²) in [4.78, 5) is 0. The monoisotopic (exact) mass is 776 g/mol. The standard InChI is InChI=1S/C44H32P2.C12H10/c1-5-19-35(20-6-1)45(36-21-7-2-8-22-36)41-31-29-33-17-13-15-27-39(33)43(41)44-40-28-16-14-18-34(40)30-32-42(44)46(37-23-9-3-10-24-37)38-25-11-4-12-26-38;1-3-7-11(8-4-1)12-9-5-2-6-10-12/h1-32H;1-10H. The molecule has 0 saturated heterocycles. The Morgan fingerprint density at radius 1 is 0.207 bits per heavy atom. The second-order valence-electron chi connectivity index (χ2n) is 14.1. The van der Waals surface area contributed by atoms with Crippen molar-refractivity contribution in [3.8, 4) is 22.3 Å². The number of hydrogen-bond acceptors (Lipinski definition) is 0. The predicted octanol–water partition coefficient (Wildman–Crippen LogP) is 12.5. The van der Waals surface area contributed by atoms with E-state index in [0.29, 0.717) is 0 Å². The van der Waals surface area contributed by atoms with Gasteiger partial charge < -0.3 is 0 Å². The van der Waals surface area contributed by atoms with Crippen molar-refractivity contribution in [2.75, 3.05) is 0 Å².